The lowest BCUT2D eigenvalue weighted by Gasteiger charge is -1.98. The summed E-state index contributed by atoms with van der Waals surface area (Å²) in [4.78, 5) is 0. The highest BCUT2D eigenvalue weighted by molar-refractivity contribution is 7.09. The SMILES string of the molecule is C#CC(O)CCOP. The molecule has 0 saturated heterocycles. The van der Waals surface area contributed by atoms with Crippen molar-refractivity contribution < 1.29 is 9.63 Å². The van der Waals surface area contributed by atoms with E-state index >= 15 is 0 Å². The molecule has 0 amide bonds. The Morgan fingerprint density at radius 2 is 2.50 bits per heavy atom. The zero-order chi connectivity index (χ0) is 6.41. The van der Waals surface area contributed by atoms with Gasteiger partial charge in [-0.2, -0.15) is 0 Å². The summed E-state index contributed by atoms with van der Waals surface area (Å²) >= 11 is 0. The van der Waals surface area contributed by atoms with Gasteiger partial charge in [0.2, 0.25) is 0 Å². The smallest absolute Gasteiger partial charge is 0.116 e. The average Bonchev–Trinajstić information content (AvgIpc) is 1.83. The fourth-order valence-corrected chi connectivity index (χ4v) is 0.399. The number of terminal acetylenes is 1. The second kappa shape index (κ2) is 5.05. The Morgan fingerprint density at radius 1 is 1.88 bits per heavy atom. The Morgan fingerprint density at radius 3 is 2.88 bits per heavy atom. The van der Waals surface area contributed by atoms with Gasteiger partial charge in [-0.3, -0.25) is 0 Å². The van der Waals surface area contributed by atoms with Crippen LogP contribution in [0, 0.1) is 12.3 Å². The lowest BCUT2D eigenvalue weighted by atomic mass is 10.3. The fraction of sp³-hybridized carbons (Fsp3) is 0.600. The van der Waals surface area contributed by atoms with Crippen molar-refractivity contribution in [2.24, 2.45) is 0 Å². The minimum atomic E-state index is -0.657. The van der Waals surface area contributed by atoms with E-state index in [-0.39, 0.29) is 0 Å². The van der Waals surface area contributed by atoms with Crippen LogP contribution in [-0.2, 0) is 4.52 Å². The third-order valence-corrected chi connectivity index (χ3v) is 0.937. The summed E-state index contributed by atoms with van der Waals surface area (Å²) < 4.78 is 4.58. The maximum Gasteiger partial charge on any atom is 0.116 e. The van der Waals surface area contributed by atoms with Crippen LogP contribution in [0.25, 0.3) is 0 Å². The molecular formula is C5H9O2P. The van der Waals surface area contributed by atoms with E-state index in [4.69, 9.17) is 11.5 Å². The van der Waals surface area contributed by atoms with Crippen molar-refractivity contribution in [2.45, 2.75) is 12.5 Å². The molecule has 8 heavy (non-hydrogen) atoms. The second-order valence-corrected chi connectivity index (χ2v) is 1.68. The van der Waals surface area contributed by atoms with Crippen LogP contribution in [0.1, 0.15) is 6.42 Å². The normalized spacial score (nSPS) is 12.6. The van der Waals surface area contributed by atoms with E-state index in [9.17, 15) is 0 Å². The number of aliphatic hydroxyl groups is 1. The Bertz CT molecular complexity index is 86.9. The van der Waals surface area contributed by atoms with Crippen LogP contribution in [0.2, 0.25) is 0 Å². The van der Waals surface area contributed by atoms with Crippen molar-refractivity contribution in [3.63, 3.8) is 0 Å². The Balaban J connectivity index is 3.02. The first-order valence-corrected chi connectivity index (χ1v) is 2.74. The summed E-state index contributed by atoms with van der Waals surface area (Å²) in [5.41, 5.74) is 0. The minimum Gasteiger partial charge on any atom is -0.380 e. The molecule has 46 valence electrons. The van der Waals surface area contributed by atoms with E-state index in [1.807, 2.05) is 0 Å². The average molecular weight is 132 g/mol. The van der Waals surface area contributed by atoms with Crippen molar-refractivity contribution >= 4 is 9.47 Å². The molecule has 2 atom stereocenters. The van der Waals surface area contributed by atoms with Gasteiger partial charge in [0.25, 0.3) is 0 Å². The van der Waals surface area contributed by atoms with Crippen LogP contribution in [0.15, 0.2) is 0 Å². The van der Waals surface area contributed by atoms with Crippen LogP contribution in [0.5, 0.6) is 0 Å². The van der Waals surface area contributed by atoms with Crippen molar-refractivity contribution in [1.29, 1.82) is 0 Å². The molecule has 0 spiro atoms. The highest BCUT2D eigenvalue weighted by Gasteiger charge is 1.94. The Hall–Kier alpha value is -0.0900. The molecular weight excluding hydrogens is 123 g/mol. The number of aliphatic hydroxyl groups excluding tert-OH is 1. The molecule has 0 bridgehead atoms. The molecule has 2 nitrogen and oxygen atoms in total. The largest absolute Gasteiger partial charge is 0.380 e. The molecule has 0 heterocycles. The molecule has 0 aliphatic carbocycles. The van der Waals surface area contributed by atoms with Crippen molar-refractivity contribution in [3.8, 4) is 12.3 Å². The van der Waals surface area contributed by atoms with Gasteiger partial charge in [-0.15, -0.1) is 6.42 Å². The third kappa shape index (κ3) is 4.08. The Labute approximate surface area is 51.5 Å². The molecule has 0 aliphatic rings. The fourth-order valence-electron chi connectivity index (χ4n) is 0.263. The van der Waals surface area contributed by atoms with E-state index < -0.39 is 6.10 Å². The molecule has 0 saturated carbocycles. The van der Waals surface area contributed by atoms with E-state index in [1.165, 1.54) is 0 Å². The topological polar surface area (TPSA) is 29.5 Å². The summed E-state index contributed by atoms with van der Waals surface area (Å²) in [6.07, 6.45) is 4.69. The van der Waals surface area contributed by atoms with E-state index in [0.29, 0.717) is 13.0 Å². The molecule has 0 aromatic rings. The maximum atomic E-state index is 8.66. The predicted molar refractivity (Wildman–Crippen MR) is 35.1 cm³/mol. The minimum absolute atomic E-state index is 0.482. The highest BCUT2D eigenvalue weighted by Crippen LogP contribution is 1.92. The first-order valence-electron chi connectivity index (χ1n) is 2.27. The standard InChI is InChI=1S/C5H9O2P/c1-2-5(6)3-4-7-8/h1,5-6H,3-4,8H2. The molecule has 0 aromatic heterocycles. The molecule has 0 radical (unpaired) electrons. The van der Waals surface area contributed by atoms with Crippen LogP contribution < -0.4 is 0 Å². The number of rotatable bonds is 3. The lowest BCUT2D eigenvalue weighted by Crippen LogP contribution is -2.04. The van der Waals surface area contributed by atoms with E-state index in [2.05, 4.69) is 19.9 Å². The monoisotopic (exact) mass is 132 g/mol. The van der Waals surface area contributed by atoms with Gasteiger partial charge >= 0.3 is 0 Å². The van der Waals surface area contributed by atoms with Gasteiger partial charge in [0.15, 0.2) is 0 Å². The zero-order valence-corrected chi connectivity index (χ0v) is 5.66. The van der Waals surface area contributed by atoms with Crippen molar-refractivity contribution in [2.75, 3.05) is 6.61 Å². The van der Waals surface area contributed by atoms with E-state index in [1.54, 1.807) is 0 Å². The molecule has 0 rings (SSSR count). The summed E-state index contributed by atoms with van der Waals surface area (Å²) in [6.45, 7) is 0.482. The molecule has 3 heteroatoms. The molecule has 0 aromatic carbocycles. The van der Waals surface area contributed by atoms with E-state index in [0.717, 1.165) is 0 Å². The van der Waals surface area contributed by atoms with Crippen molar-refractivity contribution in [1.82, 2.24) is 0 Å². The van der Waals surface area contributed by atoms with Gasteiger partial charge in [0, 0.05) is 15.9 Å². The highest BCUT2D eigenvalue weighted by atomic mass is 31.0. The third-order valence-electron chi connectivity index (χ3n) is 0.702. The predicted octanol–water partition coefficient (Wildman–Crippen LogP) is 0.177. The zero-order valence-electron chi connectivity index (χ0n) is 4.50. The Kier molecular flexibility index (Phi) is 5.00. The molecule has 1 N–H and O–H groups in total. The van der Waals surface area contributed by atoms with Crippen LogP contribution >= 0.6 is 9.47 Å². The molecule has 0 fully saturated rings. The van der Waals surface area contributed by atoms with Crippen LogP contribution in [0.4, 0.5) is 0 Å². The van der Waals surface area contributed by atoms with Crippen LogP contribution in [0.3, 0.4) is 0 Å². The van der Waals surface area contributed by atoms with Gasteiger partial charge in [-0.25, -0.2) is 0 Å². The second-order valence-electron chi connectivity index (χ2n) is 1.34. The van der Waals surface area contributed by atoms with Crippen LogP contribution in [-0.4, -0.2) is 17.8 Å². The first-order chi connectivity index (χ1) is 3.81. The lowest BCUT2D eigenvalue weighted by molar-refractivity contribution is 0.194. The number of hydrogen-bond acceptors (Lipinski definition) is 2. The summed E-state index contributed by atoms with van der Waals surface area (Å²) in [6, 6.07) is 0. The maximum absolute atomic E-state index is 8.66. The first kappa shape index (κ1) is 7.91. The summed E-state index contributed by atoms with van der Waals surface area (Å²) in [5, 5.41) is 8.66. The van der Waals surface area contributed by atoms with Gasteiger partial charge in [0.1, 0.15) is 6.10 Å². The van der Waals surface area contributed by atoms with Gasteiger partial charge in [0.05, 0.1) is 6.61 Å². The summed E-state index contributed by atoms with van der Waals surface area (Å²) in [5.74, 6) is 2.17. The quantitative estimate of drug-likeness (QED) is 0.438. The van der Waals surface area contributed by atoms with Gasteiger partial charge < -0.3 is 9.63 Å². The van der Waals surface area contributed by atoms with Gasteiger partial charge in [-0.05, 0) is 0 Å². The number of hydrogen-bond donors (Lipinski definition) is 1. The molecule has 2 unspecified atom stereocenters. The summed E-state index contributed by atoms with van der Waals surface area (Å²) in [7, 11) is 2.09. The van der Waals surface area contributed by atoms with Gasteiger partial charge in [-0.1, -0.05) is 5.92 Å². The molecule has 0 aliphatic heterocycles. The van der Waals surface area contributed by atoms with Crippen molar-refractivity contribution in [3.05, 3.63) is 0 Å².